The monoisotopic (exact) mass is 315 g/mol. The normalized spacial score (nSPS) is 13.2. The summed E-state index contributed by atoms with van der Waals surface area (Å²) < 4.78 is 26.3. The van der Waals surface area contributed by atoms with E-state index in [1.807, 2.05) is 6.92 Å². The maximum absolute atomic E-state index is 12.6. The number of nitro benzene ring substituents is 1. The molecule has 0 bridgehead atoms. The number of nitro groups is 1. The molecule has 0 heterocycles. The van der Waals surface area contributed by atoms with Crippen molar-refractivity contribution in [3.05, 3.63) is 28.3 Å². The predicted octanol–water partition coefficient (Wildman–Crippen LogP) is 2.45. The van der Waals surface area contributed by atoms with E-state index in [2.05, 4.69) is 5.32 Å². The molecule has 0 aromatic heterocycles. The van der Waals surface area contributed by atoms with E-state index in [9.17, 15) is 18.5 Å². The summed E-state index contributed by atoms with van der Waals surface area (Å²) >= 11 is 0. The Morgan fingerprint density at radius 1 is 1.43 bits per heavy atom. The van der Waals surface area contributed by atoms with Crippen LogP contribution in [-0.2, 0) is 10.0 Å². The van der Waals surface area contributed by atoms with Gasteiger partial charge in [0.2, 0.25) is 10.0 Å². The van der Waals surface area contributed by atoms with Crippen molar-refractivity contribution in [1.82, 2.24) is 4.31 Å². The molecule has 1 unspecified atom stereocenters. The standard InChI is InChI=1S/C13H21N3O4S/c1-5-6-10(2)15(4)21(19,20)13-8-7-11(14-3)9-12(13)16(17)18/h7-10,14H,5-6H2,1-4H3. The van der Waals surface area contributed by atoms with Gasteiger partial charge in [-0.05, 0) is 25.5 Å². The summed E-state index contributed by atoms with van der Waals surface area (Å²) in [7, 11) is -0.834. The molecule has 0 saturated heterocycles. The van der Waals surface area contributed by atoms with Crippen molar-refractivity contribution < 1.29 is 13.3 Å². The van der Waals surface area contributed by atoms with E-state index in [-0.39, 0.29) is 10.9 Å². The van der Waals surface area contributed by atoms with Crippen molar-refractivity contribution in [3.8, 4) is 0 Å². The summed E-state index contributed by atoms with van der Waals surface area (Å²) in [5.41, 5.74) is 0.0716. The van der Waals surface area contributed by atoms with Crippen molar-refractivity contribution in [2.45, 2.75) is 37.6 Å². The van der Waals surface area contributed by atoms with Crippen LogP contribution in [0.25, 0.3) is 0 Å². The molecule has 0 aliphatic carbocycles. The van der Waals surface area contributed by atoms with Gasteiger partial charge in [0.1, 0.15) is 0 Å². The van der Waals surface area contributed by atoms with Gasteiger partial charge in [-0.2, -0.15) is 4.31 Å². The van der Waals surface area contributed by atoms with Crippen LogP contribution in [0.4, 0.5) is 11.4 Å². The Morgan fingerprint density at radius 2 is 2.05 bits per heavy atom. The lowest BCUT2D eigenvalue weighted by molar-refractivity contribution is -0.387. The first-order valence-electron chi connectivity index (χ1n) is 6.69. The Labute approximate surface area is 125 Å². The molecule has 0 spiro atoms. The number of sulfonamides is 1. The number of nitrogens with one attached hydrogen (secondary N) is 1. The van der Waals surface area contributed by atoms with Crippen LogP contribution in [0.2, 0.25) is 0 Å². The molecule has 0 amide bonds. The van der Waals surface area contributed by atoms with Crippen molar-refractivity contribution in [1.29, 1.82) is 0 Å². The van der Waals surface area contributed by atoms with Crippen LogP contribution in [0.3, 0.4) is 0 Å². The van der Waals surface area contributed by atoms with E-state index in [1.54, 1.807) is 14.0 Å². The molecule has 0 radical (unpaired) electrons. The molecule has 8 heteroatoms. The second kappa shape index (κ2) is 6.86. The lowest BCUT2D eigenvalue weighted by Gasteiger charge is -2.23. The van der Waals surface area contributed by atoms with Crippen molar-refractivity contribution >= 4 is 21.4 Å². The van der Waals surface area contributed by atoms with Gasteiger partial charge in [-0.3, -0.25) is 10.1 Å². The molecule has 0 fully saturated rings. The van der Waals surface area contributed by atoms with Gasteiger partial charge in [-0.1, -0.05) is 13.3 Å². The van der Waals surface area contributed by atoms with Crippen LogP contribution >= 0.6 is 0 Å². The fraction of sp³-hybridized carbons (Fsp3) is 0.538. The lowest BCUT2D eigenvalue weighted by atomic mass is 10.2. The molecule has 1 atom stereocenters. The average molecular weight is 315 g/mol. The summed E-state index contributed by atoms with van der Waals surface area (Å²) in [5.74, 6) is 0. The zero-order valence-corrected chi connectivity index (χ0v) is 13.5. The topological polar surface area (TPSA) is 92.6 Å². The first kappa shape index (κ1) is 17.4. The van der Waals surface area contributed by atoms with E-state index in [1.165, 1.54) is 29.6 Å². The fourth-order valence-electron chi connectivity index (χ4n) is 2.03. The minimum Gasteiger partial charge on any atom is -0.388 e. The first-order valence-corrected chi connectivity index (χ1v) is 8.14. The first-order chi connectivity index (χ1) is 9.75. The third-order valence-corrected chi connectivity index (χ3v) is 5.45. The Balaban J connectivity index is 3.34. The summed E-state index contributed by atoms with van der Waals surface area (Å²) in [4.78, 5) is 10.2. The van der Waals surface area contributed by atoms with Crippen LogP contribution in [-0.4, -0.2) is 37.8 Å². The summed E-state index contributed by atoms with van der Waals surface area (Å²) in [5, 5.41) is 13.9. The largest absolute Gasteiger partial charge is 0.388 e. The highest BCUT2D eigenvalue weighted by atomic mass is 32.2. The molecule has 1 aromatic carbocycles. The molecule has 1 N–H and O–H groups in total. The van der Waals surface area contributed by atoms with E-state index in [4.69, 9.17) is 0 Å². The molecule has 0 aliphatic heterocycles. The van der Waals surface area contributed by atoms with Gasteiger partial charge < -0.3 is 5.32 Å². The molecule has 7 nitrogen and oxygen atoms in total. The second-order valence-corrected chi connectivity index (χ2v) is 6.81. The van der Waals surface area contributed by atoms with Gasteiger partial charge in [0.15, 0.2) is 4.90 Å². The van der Waals surface area contributed by atoms with Crippen LogP contribution in [0, 0.1) is 10.1 Å². The number of rotatable bonds is 7. The third kappa shape index (κ3) is 3.70. The van der Waals surface area contributed by atoms with Crippen LogP contribution in [0.1, 0.15) is 26.7 Å². The quantitative estimate of drug-likeness (QED) is 0.616. The number of hydrogen-bond donors (Lipinski definition) is 1. The maximum atomic E-state index is 12.6. The maximum Gasteiger partial charge on any atom is 0.291 e. The van der Waals surface area contributed by atoms with Gasteiger partial charge in [0, 0.05) is 31.9 Å². The molecule has 1 aromatic rings. The van der Waals surface area contributed by atoms with E-state index in [0.29, 0.717) is 12.1 Å². The summed E-state index contributed by atoms with van der Waals surface area (Å²) in [6.45, 7) is 3.75. The lowest BCUT2D eigenvalue weighted by Crippen LogP contribution is -2.35. The Kier molecular flexibility index (Phi) is 5.68. The third-order valence-electron chi connectivity index (χ3n) is 3.43. The van der Waals surface area contributed by atoms with E-state index in [0.717, 1.165) is 6.42 Å². The zero-order valence-electron chi connectivity index (χ0n) is 12.7. The number of hydrogen-bond acceptors (Lipinski definition) is 5. The number of benzene rings is 1. The van der Waals surface area contributed by atoms with Crippen LogP contribution in [0.15, 0.2) is 23.1 Å². The van der Waals surface area contributed by atoms with Gasteiger partial charge >= 0.3 is 0 Å². The highest BCUT2D eigenvalue weighted by molar-refractivity contribution is 7.89. The van der Waals surface area contributed by atoms with Crippen molar-refractivity contribution in [2.24, 2.45) is 0 Å². The number of nitrogens with zero attached hydrogens (tertiary/aromatic N) is 2. The minimum atomic E-state index is -3.90. The van der Waals surface area contributed by atoms with E-state index < -0.39 is 20.6 Å². The molecule has 118 valence electrons. The number of anilines is 1. The van der Waals surface area contributed by atoms with E-state index >= 15 is 0 Å². The van der Waals surface area contributed by atoms with Crippen LogP contribution in [0.5, 0.6) is 0 Å². The molecular weight excluding hydrogens is 294 g/mol. The second-order valence-electron chi connectivity index (χ2n) is 4.85. The van der Waals surface area contributed by atoms with Gasteiger partial charge in [0.25, 0.3) is 5.69 Å². The Hall–Kier alpha value is -1.67. The molecule has 1 rings (SSSR count). The zero-order chi connectivity index (χ0) is 16.2. The Morgan fingerprint density at radius 3 is 2.52 bits per heavy atom. The Bertz CT molecular complexity index is 616. The fourth-order valence-corrected chi connectivity index (χ4v) is 3.55. The minimum absolute atomic E-state index is 0.219. The van der Waals surface area contributed by atoms with Crippen molar-refractivity contribution in [3.63, 3.8) is 0 Å². The summed E-state index contributed by atoms with van der Waals surface area (Å²) in [6, 6.07) is 3.79. The molecule has 0 aliphatic rings. The van der Waals surface area contributed by atoms with Gasteiger partial charge in [-0.15, -0.1) is 0 Å². The highest BCUT2D eigenvalue weighted by Crippen LogP contribution is 2.30. The van der Waals surface area contributed by atoms with Crippen LogP contribution < -0.4 is 5.32 Å². The van der Waals surface area contributed by atoms with Gasteiger partial charge in [-0.25, -0.2) is 8.42 Å². The van der Waals surface area contributed by atoms with Gasteiger partial charge in [0.05, 0.1) is 4.92 Å². The van der Waals surface area contributed by atoms with Crippen molar-refractivity contribution in [2.75, 3.05) is 19.4 Å². The SMILES string of the molecule is CCCC(C)N(C)S(=O)(=O)c1ccc(NC)cc1[N+](=O)[O-]. The molecular formula is C13H21N3O4S. The molecule has 21 heavy (non-hydrogen) atoms. The smallest absolute Gasteiger partial charge is 0.291 e. The average Bonchev–Trinajstić information content (AvgIpc) is 2.45. The highest BCUT2D eigenvalue weighted by Gasteiger charge is 2.31. The predicted molar refractivity (Wildman–Crippen MR) is 82.0 cm³/mol. The summed E-state index contributed by atoms with van der Waals surface area (Å²) in [6.07, 6.45) is 1.53. The molecule has 0 saturated carbocycles.